The van der Waals surface area contributed by atoms with Crippen LogP contribution in [0.1, 0.15) is 5.69 Å². The number of rotatable bonds is 2. The van der Waals surface area contributed by atoms with Gasteiger partial charge in [-0.1, -0.05) is 30.3 Å². The van der Waals surface area contributed by atoms with Crippen molar-refractivity contribution in [1.82, 2.24) is 9.97 Å². The van der Waals surface area contributed by atoms with Crippen molar-refractivity contribution in [2.24, 2.45) is 5.16 Å². The number of hydrogen-bond donors (Lipinski definition) is 2. The van der Waals surface area contributed by atoms with Gasteiger partial charge in [0.2, 0.25) is 0 Å². The minimum absolute atomic E-state index is 0.0522. The Morgan fingerprint density at radius 3 is 2.71 bits per heavy atom. The third-order valence-electron chi connectivity index (χ3n) is 2.13. The molecule has 7 nitrogen and oxygen atoms in total. The van der Waals surface area contributed by atoms with Crippen LogP contribution in [0.15, 0.2) is 41.7 Å². The van der Waals surface area contributed by atoms with Gasteiger partial charge >= 0.3 is 5.84 Å². The molecule has 0 atom stereocenters. The van der Waals surface area contributed by atoms with E-state index in [1.165, 1.54) is 6.20 Å². The molecule has 1 aromatic carbocycles. The van der Waals surface area contributed by atoms with Gasteiger partial charge < -0.3 is 20.3 Å². The summed E-state index contributed by atoms with van der Waals surface area (Å²) in [4.78, 5) is 16.5. The van der Waals surface area contributed by atoms with Crippen LogP contribution >= 0.6 is 0 Å². The number of H-pyrrole nitrogens is 1. The minimum atomic E-state index is -0.789. The van der Waals surface area contributed by atoms with E-state index in [0.29, 0.717) is 5.82 Å². The Hall–Kier alpha value is -2.70. The topological polar surface area (TPSA) is 104 Å². The first-order valence-electron chi connectivity index (χ1n) is 4.69. The average Bonchev–Trinajstić information content (AvgIpc) is 2.80. The first-order valence-corrected chi connectivity index (χ1v) is 4.69. The Morgan fingerprint density at radius 2 is 2.12 bits per heavy atom. The van der Waals surface area contributed by atoms with Crippen LogP contribution in [0.5, 0.6) is 0 Å². The fourth-order valence-corrected chi connectivity index (χ4v) is 1.37. The van der Waals surface area contributed by atoms with Gasteiger partial charge in [0, 0.05) is 5.56 Å². The number of oxime groups is 1. The molecule has 1 aromatic heterocycles. The smallest absolute Gasteiger partial charge is 0.358 e. The molecule has 0 unspecified atom stereocenters. The second-order valence-electron chi connectivity index (χ2n) is 3.19. The van der Waals surface area contributed by atoms with Crippen molar-refractivity contribution in [3.05, 3.63) is 52.3 Å². The normalized spacial score (nSPS) is 11.4. The van der Waals surface area contributed by atoms with Gasteiger partial charge in [0.25, 0.3) is 0 Å². The van der Waals surface area contributed by atoms with Crippen LogP contribution in [0.2, 0.25) is 0 Å². The summed E-state index contributed by atoms with van der Waals surface area (Å²) in [6.45, 7) is 0. The predicted molar refractivity (Wildman–Crippen MR) is 59.3 cm³/mol. The molecule has 7 heteroatoms. The van der Waals surface area contributed by atoms with Crippen LogP contribution in [-0.4, -0.2) is 25.9 Å². The minimum Gasteiger partial charge on any atom is -0.358 e. The molecule has 1 heterocycles. The van der Waals surface area contributed by atoms with Crippen molar-refractivity contribution in [1.29, 1.82) is 0 Å². The Bertz CT molecular complexity index is 562. The van der Waals surface area contributed by atoms with Crippen LogP contribution in [0.4, 0.5) is 0 Å². The molecule has 0 saturated carbocycles. The summed E-state index contributed by atoms with van der Waals surface area (Å²) in [7, 11) is 0. The Morgan fingerprint density at radius 1 is 1.41 bits per heavy atom. The number of hydrogen-bond acceptors (Lipinski definition) is 5. The van der Waals surface area contributed by atoms with Gasteiger partial charge in [0.1, 0.15) is 5.82 Å². The first kappa shape index (κ1) is 10.8. The van der Waals surface area contributed by atoms with Crippen molar-refractivity contribution in [2.45, 2.75) is 0 Å². The average molecular weight is 232 g/mol. The molecule has 2 rings (SSSR count). The highest BCUT2D eigenvalue weighted by molar-refractivity contribution is 5.90. The second-order valence-corrected chi connectivity index (χ2v) is 3.19. The molecule has 0 aliphatic rings. The van der Waals surface area contributed by atoms with Gasteiger partial charge in [-0.15, -0.1) is 0 Å². The monoisotopic (exact) mass is 232 g/mol. The van der Waals surface area contributed by atoms with Crippen molar-refractivity contribution in [3.63, 3.8) is 0 Å². The third kappa shape index (κ3) is 2.12. The van der Waals surface area contributed by atoms with Crippen LogP contribution < -0.4 is 0 Å². The van der Waals surface area contributed by atoms with Crippen LogP contribution in [0.3, 0.4) is 0 Å². The number of nitro groups is 1. The molecule has 2 N–H and O–H groups in total. The lowest BCUT2D eigenvalue weighted by Crippen LogP contribution is -2.13. The molecule has 0 spiro atoms. The zero-order valence-electron chi connectivity index (χ0n) is 8.57. The maximum Gasteiger partial charge on any atom is 0.434 e. The van der Waals surface area contributed by atoms with Gasteiger partial charge in [-0.3, -0.25) is 0 Å². The number of nitrogens with zero attached hydrogens (tertiary/aromatic N) is 3. The zero-order valence-corrected chi connectivity index (χ0v) is 8.57. The second kappa shape index (κ2) is 4.44. The summed E-state index contributed by atoms with van der Waals surface area (Å²) in [6.07, 6.45) is 1.25. The third-order valence-corrected chi connectivity index (χ3v) is 2.13. The number of aromatic nitrogens is 2. The number of aromatic amines is 1. The summed E-state index contributed by atoms with van der Waals surface area (Å²) < 4.78 is 0. The highest BCUT2D eigenvalue weighted by Crippen LogP contribution is 2.15. The number of nitrogens with one attached hydrogen (secondary N) is 1. The number of imidazole rings is 1. The largest absolute Gasteiger partial charge is 0.434 e. The predicted octanol–water partition coefficient (Wildman–Crippen LogP) is 1.49. The molecule has 0 amide bonds. The molecule has 0 fully saturated rings. The lowest BCUT2D eigenvalue weighted by Gasteiger charge is -1.95. The lowest BCUT2D eigenvalue weighted by atomic mass is 10.2. The SMILES string of the molecule is O=[N+]([O-])/C(=N\O)c1cnc(-c2ccccc2)[nH]1. The fraction of sp³-hybridized carbons (Fsp3) is 0. The van der Waals surface area contributed by atoms with E-state index in [9.17, 15) is 10.1 Å². The Balaban J connectivity index is 2.37. The summed E-state index contributed by atoms with van der Waals surface area (Å²) >= 11 is 0. The Labute approximate surface area is 95.6 Å². The van der Waals surface area contributed by atoms with Crippen molar-refractivity contribution in [3.8, 4) is 11.4 Å². The maximum absolute atomic E-state index is 10.5. The van der Waals surface area contributed by atoms with Gasteiger partial charge in [-0.05, 0) is 4.92 Å². The first-order chi connectivity index (χ1) is 8.22. The van der Waals surface area contributed by atoms with Gasteiger partial charge in [-0.2, -0.15) is 0 Å². The number of amidine groups is 1. The van der Waals surface area contributed by atoms with Crippen molar-refractivity contribution >= 4 is 5.84 Å². The van der Waals surface area contributed by atoms with E-state index < -0.39 is 10.8 Å². The zero-order chi connectivity index (χ0) is 12.3. The highest BCUT2D eigenvalue weighted by Gasteiger charge is 2.19. The van der Waals surface area contributed by atoms with Crippen molar-refractivity contribution in [2.75, 3.05) is 0 Å². The highest BCUT2D eigenvalue weighted by atomic mass is 16.6. The molecule has 17 heavy (non-hydrogen) atoms. The summed E-state index contributed by atoms with van der Waals surface area (Å²) in [5.74, 6) is -0.191. The Kier molecular flexibility index (Phi) is 2.82. The standard InChI is InChI=1S/C10H8N4O3/c15-13-10(14(16)17)8-6-11-9(12-8)7-4-2-1-3-5-7/h1-6,15H,(H,11,12)/b13-10-. The molecule has 2 aromatic rings. The van der Waals surface area contributed by atoms with Crippen LogP contribution in [0.25, 0.3) is 11.4 Å². The summed E-state index contributed by atoms with van der Waals surface area (Å²) in [5.41, 5.74) is 0.843. The van der Waals surface area contributed by atoms with Gasteiger partial charge in [0.15, 0.2) is 10.8 Å². The molecular weight excluding hydrogens is 224 g/mol. The molecule has 0 aliphatic carbocycles. The molecule has 0 aliphatic heterocycles. The summed E-state index contributed by atoms with van der Waals surface area (Å²) in [5, 5.41) is 21.7. The van der Waals surface area contributed by atoms with Gasteiger partial charge in [-0.25, -0.2) is 4.98 Å². The van der Waals surface area contributed by atoms with E-state index in [1.807, 2.05) is 30.3 Å². The fourth-order valence-electron chi connectivity index (χ4n) is 1.37. The van der Waals surface area contributed by atoms with E-state index in [0.717, 1.165) is 5.56 Å². The maximum atomic E-state index is 10.5. The molecule has 0 radical (unpaired) electrons. The molecular formula is C10H8N4O3. The lowest BCUT2D eigenvalue weighted by molar-refractivity contribution is -0.351. The van der Waals surface area contributed by atoms with E-state index in [4.69, 9.17) is 5.21 Å². The van der Waals surface area contributed by atoms with Gasteiger partial charge in [0.05, 0.1) is 6.20 Å². The van der Waals surface area contributed by atoms with Crippen molar-refractivity contribution < 1.29 is 10.1 Å². The quantitative estimate of drug-likeness (QED) is 0.269. The van der Waals surface area contributed by atoms with E-state index in [1.54, 1.807) is 0 Å². The molecule has 0 bridgehead atoms. The van der Waals surface area contributed by atoms with E-state index in [-0.39, 0.29) is 5.69 Å². The number of benzene rings is 1. The molecule has 86 valence electrons. The molecule has 0 saturated heterocycles. The van der Waals surface area contributed by atoms with Crippen LogP contribution in [0, 0.1) is 10.1 Å². The van der Waals surface area contributed by atoms with E-state index in [2.05, 4.69) is 15.1 Å². The van der Waals surface area contributed by atoms with E-state index >= 15 is 0 Å². The summed E-state index contributed by atoms with van der Waals surface area (Å²) in [6, 6.07) is 9.12. The van der Waals surface area contributed by atoms with Crippen LogP contribution in [-0.2, 0) is 0 Å².